The standard InChI is InChI=1S/C15H11ClO2/c16-13-7-4-11(5-8-13)6-9-15(18)12-2-1-3-14(17)10-12/h1-10,17H. The zero-order valence-electron chi connectivity index (χ0n) is 9.51. The van der Waals surface area contributed by atoms with Gasteiger partial charge in [0.25, 0.3) is 0 Å². The van der Waals surface area contributed by atoms with Gasteiger partial charge in [0, 0.05) is 10.6 Å². The fourth-order valence-electron chi connectivity index (χ4n) is 1.50. The minimum Gasteiger partial charge on any atom is -0.508 e. The van der Waals surface area contributed by atoms with Crippen molar-refractivity contribution in [3.63, 3.8) is 0 Å². The molecule has 18 heavy (non-hydrogen) atoms. The lowest BCUT2D eigenvalue weighted by Crippen LogP contribution is -1.93. The lowest BCUT2D eigenvalue weighted by Gasteiger charge is -1.97. The zero-order chi connectivity index (χ0) is 13.0. The Morgan fingerprint density at radius 1 is 1.11 bits per heavy atom. The largest absolute Gasteiger partial charge is 0.508 e. The second-order valence-corrected chi connectivity index (χ2v) is 4.24. The highest BCUT2D eigenvalue weighted by Gasteiger charge is 2.01. The van der Waals surface area contributed by atoms with Gasteiger partial charge in [-0.3, -0.25) is 4.79 Å². The van der Waals surface area contributed by atoms with E-state index < -0.39 is 0 Å². The Morgan fingerprint density at radius 2 is 1.83 bits per heavy atom. The SMILES string of the molecule is O=C(C=Cc1ccc(Cl)cc1)c1cccc(O)c1. The van der Waals surface area contributed by atoms with E-state index in [1.165, 1.54) is 18.2 Å². The summed E-state index contributed by atoms with van der Waals surface area (Å²) in [6.07, 6.45) is 3.18. The first-order valence-electron chi connectivity index (χ1n) is 5.42. The summed E-state index contributed by atoms with van der Waals surface area (Å²) in [7, 11) is 0. The van der Waals surface area contributed by atoms with E-state index in [4.69, 9.17) is 11.6 Å². The van der Waals surface area contributed by atoms with E-state index in [0.717, 1.165) is 5.56 Å². The number of carbonyl (C=O) groups is 1. The summed E-state index contributed by atoms with van der Waals surface area (Å²) in [5.74, 6) is -0.0680. The predicted molar refractivity (Wildman–Crippen MR) is 72.9 cm³/mol. The van der Waals surface area contributed by atoms with Crippen LogP contribution in [-0.4, -0.2) is 10.9 Å². The van der Waals surface area contributed by atoms with Crippen molar-refractivity contribution in [2.45, 2.75) is 0 Å². The molecule has 0 aliphatic rings. The number of phenols is 1. The molecule has 2 aromatic carbocycles. The number of ketones is 1. The van der Waals surface area contributed by atoms with Crippen molar-refractivity contribution in [3.8, 4) is 5.75 Å². The Balaban J connectivity index is 2.14. The van der Waals surface area contributed by atoms with Crippen molar-refractivity contribution in [2.24, 2.45) is 0 Å². The first-order valence-corrected chi connectivity index (χ1v) is 5.80. The molecule has 0 aliphatic heterocycles. The lowest BCUT2D eigenvalue weighted by molar-refractivity contribution is 0.104. The van der Waals surface area contributed by atoms with Crippen LogP contribution in [0.2, 0.25) is 5.02 Å². The smallest absolute Gasteiger partial charge is 0.185 e. The molecule has 0 amide bonds. The molecule has 2 nitrogen and oxygen atoms in total. The normalized spacial score (nSPS) is 10.7. The van der Waals surface area contributed by atoms with Crippen LogP contribution in [0.25, 0.3) is 6.08 Å². The minimum absolute atomic E-state index is 0.0840. The van der Waals surface area contributed by atoms with E-state index in [2.05, 4.69) is 0 Å². The molecule has 2 rings (SSSR count). The average molecular weight is 259 g/mol. The molecule has 0 unspecified atom stereocenters. The Morgan fingerprint density at radius 3 is 2.50 bits per heavy atom. The van der Waals surface area contributed by atoms with Gasteiger partial charge in [-0.2, -0.15) is 0 Å². The number of phenolic OH excluding ortho intramolecular Hbond substituents is 1. The molecular formula is C15H11ClO2. The Hall–Kier alpha value is -2.06. The van der Waals surface area contributed by atoms with Crippen molar-refractivity contribution >= 4 is 23.5 Å². The topological polar surface area (TPSA) is 37.3 Å². The van der Waals surface area contributed by atoms with Crippen LogP contribution >= 0.6 is 11.6 Å². The molecule has 0 aliphatic carbocycles. The highest BCUT2D eigenvalue weighted by Crippen LogP contribution is 2.14. The predicted octanol–water partition coefficient (Wildman–Crippen LogP) is 3.94. The van der Waals surface area contributed by atoms with Crippen LogP contribution in [0.3, 0.4) is 0 Å². The Labute approximate surface area is 110 Å². The molecule has 3 heteroatoms. The van der Waals surface area contributed by atoms with Gasteiger partial charge in [0.15, 0.2) is 5.78 Å². The third-order valence-corrected chi connectivity index (χ3v) is 2.68. The number of hydrogen-bond donors (Lipinski definition) is 1. The highest BCUT2D eigenvalue weighted by molar-refractivity contribution is 6.30. The first-order chi connectivity index (χ1) is 8.65. The molecule has 0 saturated carbocycles. The molecule has 90 valence electrons. The van der Waals surface area contributed by atoms with Crippen molar-refractivity contribution in [2.75, 3.05) is 0 Å². The number of halogens is 1. The molecule has 0 fully saturated rings. The fraction of sp³-hybridized carbons (Fsp3) is 0. The van der Waals surface area contributed by atoms with Gasteiger partial charge >= 0.3 is 0 Å². The van der Waals surface area contributed by atoms with Crippen molar-refractivity contribution in [3.05, 3.63) is 70.8 Å². The fourth-order valence-corrected chi connectivity index (χ4v) is 1.63. The molecule has 0 saturated heterocycles. The number of benzene rings is 2. The number of hydrogen-bond acceptors (Lipinski definition) is 2. The van der Waals surface area contributed by atoms with Crippen LogP contribution in [0.1, 0.15) is 15.9 Å². The maximum Gasteiger partial charge on any atom is 0.185 e. The Kier molecular flexibility index (Phi) is 3.80. The Bertz CT molecular complexity index is 586. The number of allylic oxidation sites excluding steroid dienone is 1. The van der Waals surface area contributed by atoms with E-state index >= 15 is 0 Å². The molecule has 2 aromatic rings. The van der Waals surface area contributed by atoms with Crippen LogP contribution in [-0.2, 0) is 0 Å². The van der Waals surface area contributed by atoms with E-state index in [9.17, 15) is 9.90 Å². The number of rotatable bonds is 3. The molecule has 0 bridgehead atoms. The van der Waals surface area contributed by atoms with Crippen molar-refractivity contribution in [1.29, 1.82) is 0 Å². The van der Waals surface area contributed by atoms with Crippen LogP contribution in [0, 0.1) is 0 Å². The van der Waals surface area contributed by atoms with Gasteiger partial charge in [-0.25, -0.2) is 0 Å². The van der Waals surface area contributed by atoms with E-state index in [-0.39, 0.29) is 11.5 Å². The number of aromatic hydroxyl groups is 1. The molecular weight excluding hydrogens is 248 g/mol. The van der Waals surface area contributed by atoms with Crippen molar-refractivity contribution in [1.82, 2.24) is 0 Å². The maximum atomic E-state index is 11.8. The second-order valence-electron chi connectivity index (χ2n) is 3.80. The van der Waals surface area contributed by atoms with Crippen molar-refractivity contribution < 1.29 is 9.90 Å². The molecule has 0 atom stereocenters. The van der Waals surface area contributed by atoms with E-state index in [0.29, 0.717) is 10.6 Å². The lowest BCUT2D eigenvalue weighted by atomic mass is 10.1. The van der Waals surface area contributed by atoms with Gasteiger partial charge in [0.05, 0.1) is 0 Å². The van der Waals surface area contributed by atoms with Gasteiger partial charge in [-0.1, -0.05) is 41.9 Å². The third kappa shape index (κ3) is 3.22. The number of carbonyl (C=O) groups excluding carboxylic acids is 1. The molecule has 0 radical (unpaired) electrons. The summed E-state index contributed by atoms with van der Waals surface area (Å²) < 4.78 is 0. The molecule has 0 heterocycles. The minimum atomic E-state index is -0.152. The first kappa shape index (κ1) is 12.4. The van der Waals surface area contributed by atoms with E-state index in [1.54, 1.807) is 30.3 Å². The van der Waals surface area contributed by atoms with Gasteiger partial charge in [-0.05, 0) is 35.9 Å². The molecule has 0 aromatic heterocycles. The quantitative estimate of drug-likeness (QED) is 0.669. The summed E-state index contributed by atoms with van der Waals surface area (Å²) in [6.45, 7) is 0. The maximum absolute atomic E-state index is 11.8. The zero-order valence-corrected chi connectivity index (χ0v) is 10.3. The highest BCUT2D eigenvalue weighted by atomic mass is 35.5. The summed E-state index contributed by atoms with van der Waals surface area (Å²) in [5, 5.41) is 9.95. The van der Waals surface area contributed by atoms with Crippen LogP contribution in [0.15, 0.2) is 54.6 Å². The van der Waals surface area contributed by atoms with Gasteiger partial charge in [-0.15, -0.1) is 0 Å². The molecule has 0 spiro atoms. The summed E-state index contributed by atoms with van der Waals surface area (Å²) in [5.41, 5.74) is 1.35. The molecule has 1 N–H and O–H groups in total. The van der Waals surface area contributed by atoms with Gasteiger partial charge in [0.2, 0.25) is 0 Å². The van der Waals surface area contributed by atoms with Crippen LogP contribution in [0.5, 0.6) is 5.75 Å². The summed E-state index contributed by atoms with van der Waals surface area (Å²) in [6, 6.07) is 13.4. The van der Waals surface area contributed by atoms with Gasteiger partial charge < -0.3 is 5.11 Å². The monoisotopic (exact) mass is 258 g/mol. The third-order valence-electron chi connectivity index (χ3n) is 2.43. The summed E-state index contributed by atoms with van der Waals surface area (Å²) >= 11 is 5.77. The van der Waals surface area contributed by atoms with E-state index in [1.807, 2.05) is 12.1 Å². The van der Waals surface area contributed by atoms with Gasteiger partial charge in [0.1, 0.15) is 5.75 Å². The summed E-state index contributed by atoms with van der Waals surface area (Å²) in [4.78, 5) is 11.8. The average Bonchev–Trinajstić information content (AvgIpc) is 2.38. The van der Waals surface area contributed by atoms with Crippen LogP contribution in [0.4, 0.5) is 0 Å². The van der Waals surface area contributed by atoms with Crippen LogP contribution < -0.4 is 0 Å². The second kappa shape index (κ2) is 5.52.